The number of unbranched alkanes of at least 4 members (excludes halogenated alkanes) is 1. The molecule has 0 aliphatic carbocycles. The summed E-state index contributed by atoms with van der Waals surface area (Å²) >= 11 is 2.59. The van der Waals surface area contributed by atoms with Crippen LogP contribution < -0.4 is 5.32 Å². The molecule has 0 fully saturated rings. The minimum absolute atomic E-state index is 0.0777. The fraction of sp³-hybridized carbons (Fsp3) is 0.357. The number of nitrogens with zero attached hydrogens (tertiary/aromatic N) is 3. The third kappa shape index (κ3) is 4.49. The van der Waals surface area contributed by atoms with Crippen LogP contribution in [0.15, 0.2) is 23.1 Å². The second kappa shape index (κ2) is 8.02. The smallest absolute Gasteiger partial charge is 0.283 e. The molecule has 7 nitrogen and oxygen atoms in total. The Hall–Kier alpha value is -2.00. The Morgan fingerprint density at radius 2 is 2.22 bits per heavy atom. The molecule has 1 aromatic carbocycles. The Labute approximate surface area is 141 Å². The van der Waals surface area contributed by atoms with Gasteiger partial charge in [0.05, 0.1) is 9.82 Å². The first-order valence-corrected chi connectivity index (χ1v) is 9.05. The second-order valence-electron chi connectivity index (χ2n) is 4.70. The maximum Gasteiger partial charge on any atom is 0.283 e. The molecule has 0 atom stereocenters. The summed E-state index contributed by atoms with van der Waals surface area (Å²) in [4.78, 5) is 23.3. The van der Waals surface area contributed by atoms with Gasteiger partial charge in [0.15, 0.2) is 0 Å². The fourth-order valence-corrected chi connectivity index (χ4v) is 3.20. The van der Waals surface area contributed by atoms with Crippen molar-refractivity contribution in [3.05, 3.63) is 38.9 Å². The van der Waals surface area contributed by atoms with E-state index >= 15 is 0 Å². The first-order chi connectivity index (χ1) is 11.0. The van der Waals surface area contributed by atoms with Gasteiger partial charge in [0, 0.05) is 18.1 Å². The zero-order valence-electron chi connectivity index (χ0n) is 12.7. The van der Waals surface area contributed by atoms with Crippen molar-refractivity contribution in [3.63, 3.8) is 0 Å². The predicted molar refractivity (Wildman–Crippen MR) is 91.4 cm³/mol. The van der Waals surface area contributed by atoms with E-state index in [0.717, 1.165) is 24.3 Å². The van der Waals surface area contributed by atoms with Crippen molar-refractivity contribution in [3.8, 4) is 0 Å². The van der Waals surface area contributed by atoms with Crippen molar-refractivity contribution in [1.29, 1.82) is 0 Å². The third-order valence-electron chi connectivity index (χ3n) is 3.07. The highest BCUT2D eigenvalue weighted by atomic mass is 32.2. The summed E-state index contributed by atoms with van der Waals surface area (Å²) in [5.41, 5.74) is 0.144. The standard InChI is InChI=1S/C14H16N4O3S2/c1-3-4-5-12-16-17-14(23-12)15-13(19)9-6-7-11(22-2)10(8-9)18(20)21/h6-8H,3-5H2,1-2H3,(H,15,17,19). The second-order valence-corrected chi connectivity index (χ2v) is 6.61. The Bertz CT molecular complexity index is 718. The van der Waals surface area contributed by atoms with Gasteiger partial charge in [-0.15, -0.1) is 22.0 Å². The number of benzene rings is 1. The number of amides is 1. The van der Waals surface area contributed by atoms with Gasteiger partial charge in [-0.1, -0.05) is 24.7 Å². The first-order valence-electron chi connectivity index (χ1n) is 7.01. The fourth-order valence-electron chi connectivity index (χ4n) is 1.88. The number of thioether (sulfide) groups is 1. The largest absolute Gasteiger partial charge is 0.296 e. The van der Waals surface area contributed by atoms with Crippen LogP contribution in [0.3, 0.4) is 0 Å². The molecular weight excluding hydrogens is 336 g/mol. The number of carbonyl (C=O) groups is 1. The van der Waals surface area contributed by atoms with E-state index in [2.05, 4.69) is 22.4 Å². The number of rotatable bonds is 7. The maximum absolute atomic E-state index is 12.2. The minimum atomic E-state index is -0.490. The van der Waals surface area contributed by atoms with Gasteiger partial charge in [-0.25, -0.2) is 0 Å². The predicted octanol–water partition coefficient (Wildman–Crippen LogP) is 3.76. The summed E-state index contributed by atoms with van der Waals surface area (Å²) in [6, 6.07) is 4.41. The molecule has 0 saturated heterocycles. The lowest BCUT2D eigenvalue weighted by Gasteiger charge is -2.03. The van der Waals surface area contributed by atoms with Crippen LogP contribution in [-0.2, 0) is 6.42 Å². The molecule has 0 radical (unpaired) electrons. The van der Waals surface area contributed by atoms with E-state index in [1.54, 1.807) is 18.4 Å². The Morgan fingerprint density at radius 3 is 2.87 bits per heavy atom. The third-order valence-corrected chi connectivity index (χ3v) is 4.75. The summed E-state index contributed by atoms with van der Waals surface area (Å²) in [5, 5.41) is 22.9. The average Bonchev–Trinajstić information content (AvgIpc) is 2.99. The first kappa shape index (κ1) is 17.4. The topological polar surface area (TPSA) is 98.0 Å². The normalized spacial score (nSPS) is 10.5. The molecular formula is C14H16N4O3S2. The Kier molecular flexibility index (Phi) is 6.05. The van der Waals surface area contributed by atoms with E-state index in [1.165, 1.54) is 29.2 Å². The summed E-state index contributed by atoms with van der Waals surface area (Å²) in [6.07, 6.45) is 4.66. The van der Waals surface area contributed by atoms with Crippen LogP contribution in [0.25, 0.3) is 0 Å². The lowest BCUT2D eigenvalue weighted by Crippen LogP contribution is -2.12. The molecule has 1 aromatic heterocycles. The van der Waals surface area contributed by atoms with Gasteiger partial charge in [-0.2, -0.15) is 0 Å². The minimum Gasteiger partial charge on any atom is -0.296 e. The van der Waals surface area contributed by atoms with Crippen molar-refractivity contribution in [2.75, 3.05) is 11.6 Å². The van der Waals surface area contributed by atoms with Crippen molar-refractivity contribution >= 4 is 39.8 Å². The summed E-state index contributed by atoms with van der Waals surface area (Å²) in [6.45, 7) is 2.09. The van der Waals surface area contributed by atoms with Crippen LogP contribution in [0.2, 0.25) is 0 Å². The highest BCUT2D eigenvalue weighted by molar-refractivity contribution is 7.98. The van der Waals surface area contributed by atoms with Gasteiger partial charge < -0.3 is 0 Å². The number of nitro groups is 1. The molecule has 0 spiro atoms. The van der Waals surface area contributed by atoms with Crippen LogP contribution in [-0.4, -0.2) is 27.3 Å². The quantitative estimate of drug-likeness (QED) is 0.463. The van der Waals surface area contributed by atoms with Gasteiger partial charge in [0.2, 0.25) is 5.13 Å². The van der Waals surface area contributed by atoms with Crippen LogP contribution in [0.4, 0.5) is 10.8 Å². The molecule has 1 heterocycles. The SMILES string of the molecule is CCCCc1nnc(NC(=O)c2ccc(SC)c([N+](=O)[O-])c2)s1. The number of nitro benzene ring substituents is 1. The van der Waals surface area contributed by atoms with Crippen molar-refractivity contribution in [2.24, 2.45) is 0 Å². The van der Waals surface area contributed by atoms with Crippen LogP contribution in [0, 0.1) is 10.1 Å². The molecule has 0 aliphatic heterocycles. The number of nitrogens with one attached hydrogen (secondary N) is 1. The molecule has 2 rings (SSSR count). The number of carbonyl (C=O) groups excluding carboxylic acids is 1. The highest BCUT2D eigenvalue weighted by Crippen LogP contribution is 2.28. The Balaban J connectivity index is 2.13. The summed E-state index contributed by atoms with van der Waals surface area (Å²) in [7, 11) is 0. The van der Waals surface area contributed by atoms with Gasteiger partial charge in [0.1, 0.15) is 5.01 Å². The molecule has 23 heavy (non-hydrogen) atoms. The maximum atomic E-state index is 12.2. The molecule has 1 N–H and O–H groups in total. The van der Waals surface area contributed by atoms with Crippen LogP contribution in [0.5, 0.6) is 0 Å². The highest BCUT2D eigenvalue weighted by Gasteiger charge is 2.18. The molecule has 0 saturated carbocycles. The van der Waals surface area contributed by atoms with E-state index in [9.17, 15) is 14.9 Å². The van der Waals surface area contributed by atoms with Crippen molar-refractivity contribution < 1.29 is 9.72 Å². The van der Waals surface area contributed by atoms with E-state index in [4.69, 9.17) is 0 Å². The van der Waals surface area contributed by atoms with E-state index in [-0.39, 0.29) is 11.3 Å². The van der Waals surface area contributed by atoms with Crippen LogP contribution in [0.1, 0.15) is 35.1 Å². The van der Waals surface area contributed by atoms with E-state index in [0.29, 0.717) is 10.0 Å². The summed E-state index contributed by atoms with van der Waals surface area (Å²) < 4.78 is 0. The number of aromatic nitrogens is 2. The van der Waals surface area contributed by atoms with E-state index in [1.807, 2.05) is 0 Å². The number of anilines is 1. The van der Waals surface area contributed by atoms with Crippen molar-refractivity contribution in [1.82, 2.24) is 10.2 Å². The number of hydrogen-bond donors (Lipinski definition) is 1. The zero-order valence-corrected chi connectivity index (χ0v) is 14.4. The van der Waals surface area contributed by atoms with Gasteiger partial charge in [-0.3, -0.25) is 20.2 Å². The average molecular weight is 352 g/mol. The zero-order chi connectivity index (χ0) is 16.8. The van der Waals surface area contributed by atoms with E-state index < -0.39 is 10.8 Å². The molecule has 0 unspecified atom stereocenters. The van der Waals surface area contributed by atoms with Gasteiger partial charge >= 0.3 is 0 Å². The van der Waals surface area contributed by atoms with Crippen LogP contribution >= 0.6 is 23.1 Å². The lowest BCUT2D eigenvalue weighted by molar-refractivity contribution is -0.387. The van der Waals surface area contributed by atoms with Crippen molar-refractivity contribution in [2.45, 2.75) is 31.1 Å². The molecule has 9 heteroatoms. The molecule has 2 aromatic rings. The van der Waals surface area contributed by atoms with Gasteiger partial charge in [-0.05, 0) is 24.8 Å². The molecule has 0 bridgehead atoms. The van der Waals surface area contributed by atoms with Gasteiger partial charge in [0.25, 0.3) is 11.6 Å². The Morgan fingerprint density at radius 1 is 1.43 bits per heavy atom. The molecule has 0 aliphatic rings. The number of aryl methyl sites for hydroxylation is 1. The number of hydrogen-bond acceptors (Lipinski definition) is 7. The molecule has 122 valence electrons. The molecule has 1 amide bonds. The lowest BCUT2D eigenvalue weighted by atomic mass is 10.2. The summed E-state index contributed by atoms with van der Waals surface area (Å²) in [5.74, 6) is -0.432. The monoisotopic (exact) mass is 352 g/mol.